The van der Waals surface area contributed by atoms with Crippen molar-refractivity contribution in [2.24, 2.45) is 0 Å². The Morgan fingerprint density at radius 1 is 1.00 bits per heavy atom. The predicted octanol–water partition coefficient (Wildman–Crippen LogP) is 2.90. The molecule has 8 nitrogen and oxygen atoms in total. The third kappa shape index (κ3) is 3.86. The molecule has 5 rings (SSSR count). The van der Waals surface area contributed by atoms with Crippen molar-refractivity contribution in [1.29, 1.82) is 0 Å². The van der Waals surface area contributed by atoms with Gasteiger partial charge in [0.25, 0.3) is 5.91 Å². The van der Waals surface area contributed by atoms with Crippen LogP contribution in [0.5, 0.6) is 0 Å². The monoisotopic (exact) mass is 518 g/mol. The Morgan fingerprint density at radius 3 is 2.08 bits per heavy atom. The quantitative estimate of drug-likeness (QED) is 0.303. The van der Waals surface area contributed by atoms with E-state index in [9.17, 15) is 23.1 Å². The SMILES string of the molecule is CC1(C)[C@H](C(=O)OC(c2ccccc2)c2ccccc2)N2C(=O)/C(=C(\CO)c3ccccn3)[C@H]2S1(=O)=O. The minimum Gasteiger partial charge on any atom is -0.451 e. The molecule has 0 aliphatic carbocycles. The van der Waals surface area contributed by atoms with Crippen molar-refractivity contribution in [3.05, 3.63) is 107 Å². The van der Waals surface area contributed by atoms with Crippen molar-refractivity contribution in [3.8, 4) is 0 Å². The van der Waals surface area contributed by atoms with Crippen molar-refractivity contribution in [1.82, 2.24) is 9.88 Å². The maximum absolute atomic E-state index is 13.7. The third-order valence-corrected chi connectivity index (χ3v) is 9.79. The van der Waals surface area contributed by atoms with Crippen LogP contribution in [0.2, 0.25) is 0 Å². The van der Waals surface area contributed by atoms with Gasteiger partial charge in [0.2, 0.25) is 0 Å². The van der Waals surface area contributed by atoms with E-state index >= 15 is 0 Å². The Morgan fingerprint density at radius 2 is 1.57 bits per heavy atom. The summed E-state index contributed by atoms with van der Waals surface area (Å²) < 4.78 is 31.7. The molecule has 0 radical (unpaired) electrons. The summed E-state index contributed by atoms with van der Waals surface area (Å²) >= 11 is 0. The van der Waals surface area contributed by atoms with E-state index in [1.807, 2.05) is 60.7 Å². The molecular formula is C28H26N2O6S. The smallest absolute Gasteiger partial charge is 0.331 e. The average molecular weight is 519 g/mol. The first-order valence-electron chi connectivity index (χ1n) is 11.8. The van der Waals surface area contributed by atoms with Gasteiger partial charge in [-0.1, -0.05) is 66.7 Å². The molecule has 3 heterocycles. The molecule has 3 aromatic rings. The van der Waals surface area contributed by atoms with Gasteiger partial charge >= 0.3 is 5.97 Å². The number of carbonyl (C=O) groups is 2. The molecule has 2 saturated heterocycles. The van der Waals surface area contributed by atoms with Gasteiger partial charge in [0.1, 0.15) is 4.75 Å². The number of esters is 1. The number of carbonyl (C=O) groups excluding carboxylic acids is 2. The zero-order valence-electron chi connectivity index (χ0n) is 20.3. The van der Waals surface area contributed by atoms with Crippen LogP contribution in [0.15, 0.2) is 90.6 Å². The van der Waals surface area contributed by atoms with E-state index in [2.05, 4.69) is 4.98 Å². The minimum absolute atomic E-state index is 0.0627. The lowest BCUT2D eigenvalue weighted by molar-refractivity contribution is -0.160. The lowest BCUT2D eigenvalue weighted by Crippen LogP contribution is -2.59. The maximum Gasteiger partial charge on any atom is 0.331 e. The largest absolute Gasteiger partial charge is 0.451 e. The van der Waals surface area contributed by atoms with Crippen molar-refractivity contribution in [2.45, 2.75) is 36.1 Å². The van der Waals surface area contributed by atoms with Crippen LogP contribution >= 0.6 is 0 Å². The maximum atomic E-state index is 13.7. The number of fused-ring (bicyclic) bond motifs is 1. The first kappa shape index (κ1) is 24.9. The number of β-lactam (4-membered cyclic amide) rings is 1. The van der Waals surface area contributed by atoms with Gasteiger partial charge in [0, 0.05) is 11.8 Å². The number of aromatic nitrogens is 1. The number of hydrogen-bond donors (Lipinski definition) is 1. The Hall–Kier alpha value is -3.82. The van der Waals surface area contributed by atoms with E-state index in [0.29, 0.717) is 16.8 Å². The van der Waals surface area contributed by atoms with Crippen molar-refractivity contribution in [2.75, 3.05) is 6.61 Å². The van der Waals surface area contributed by atoms with E-state index in [-0.39, 0.29) is 11.1 Å². The molecule has 190 valence electrons. The van der Waals surface area contributed by atoms with Gasteiger partial charge in [0.15, 0.2) is 27.4 Å². The third-order valence-electron chi connectivity index (χ3n) is 7.05. The summed E-state index contributed by atoms with van der Waals surface area (Å²) in [5, 5.41) is 8.67. The number of aliphatic hydroxyl groups excluding tert-OH is 1. The van der Waals surface area contributed by atoms with E-state index in [4.69, 9.17) is 4.74 Å². The lowest BCUT2D eigenvalue weighted by atomic mass is 9.91. The Labute approximate surface area is 215 Å². The zero-order chi connectivity index (χ0) is 26.4. The molecule has 9 heteroatoms. The van der Waals surface area contributed by atoms with Crippen LogP contribution in [-0.4, -0.2) is 58.1 Å². The number of benzene rings is 2. The zero-order valence-corrected chi connectivity index (χ0v) is 21.1. The summed E-state index contributed by atoms with van der Waals surface area (Å²) in [6.45, 7) is 2.28. The second-order valence-corrected chi connectivity index (χ2v) is 12.1. The van der Waals surface area contributed by atoms with Gasteiger partial charge in [-0.25, -0.2) is 13.2 Å². The molecule has 0 unspecified atom stereocenters. The first-order valence-corrected chi connectivity index (χ1v) is 13.4. The first-order chi connectivity index (χ1) is 17.7. The molecular weight excluding hydrogens is 492 g/mol. The Balaban J connectivity index is 1.54. The van der Waals surface area contributed by atoms with Crippen molar-refractivity contribution in [3.63, 3.8) is 0 Å². The fourth-order valence-electron chi connectivity index (χ4n) is 5.05. The van der Waals surface area contributed by atoms with Crippen LogP contribution in [0.1, 0.15) is 36.8 Å². The second-order valence-electron chi connectivity index (χ2n) is 9.52. The molecule has 1 aromatic heterocycles. The molecule has 1 N–H and O–H groups in total. The predicted molar refractivity (Wildman–Crippen MR) is 136 cm³/mol. The summed E-state index contributed by atoms with van der Waals surface area (Å²) in [4.78, 5) is 32.3. The average Bonchev–Trinajstić information content (AvgIpc) is 3.06. The molecule has 2 atom stereocenters. The number of aliphatic hydroxyl groups is 1. The van der Waals surface area contributed by atoms with E-state index in [1.165, 1.54) is 20.0 Å². The highest BCUT2D eigenvalue weighted by molar-refractivity contribution is 7.94. The highest BCUT2D eigenvalue weighted by Gasteiger charge is 2.71. The Bertz CT molecular complexity index is 1430. The minimum atomic E-state index is -4.06. The van der Waals surface area contributed by atoms with Gasteiger partial charge in [-0.3, -0.25) is 9.78 Å². The second kappa shape index (κ2) is 9.24. The summed E-state index contributed by atoms with van der Waals surface area (Å²) in [6, 6.07) is 21.8. The van der Waals surface area contributed by atoms with Gasteiger partial charge in [0.05, 0.1) is 17.9 Å². The fraction of sp³-hybridized carbons (Fsp3) is 0.250. The number of nitrogens with zero attached hydrogens (tertiary/aromatic N) is 2. The molecule has 2 aliphatic heterocycles. The van der Waals surface area contributed by atoms with Crippen LogP contribution in [0.25, 0.3) is 5.57 Å². The highest BCUT2D eigenvalue weighted by atomic mass is 32.2. The summed E-state index contributed by atoms with van der Waals surface area (Å²) in [5.74, 6) is -1.45. The number of hydrogen-bond acceptors (Lipinski definition) is 7. The topological polar surface area (TPSA) is 114 Å². The molecule has 0 spiro atoms. The lowest BCUT2D eigenvalue weighted by Gasteiger charge is -2.40. The van der Waals surface area contributed by atoms with E-state index in [1.54, 1.807) is 18.2 Å². The number of sulfone groups is 1. The number of rotatable bonds is 6. The Kier molecular flexibility index (Phi) is 6.21. The normalized spacial score (nSPS) is 22.8. The summed E-state index contributed by atoms with van der Waals surface area (Å²) in [5.41, 5.74) is 1.80. The van der Waals surface area contributed by atoms with Crippen LogP contribution < -0.4 is 0 Å². The van der Waals surface area contributed by atoms with E-state index < -0.39 is 50.6 Å². The molecule has 2 fully saturated rings. The van der Waals surface area contributed by atoms with E-state index in [0.717, 1.165) is 4.90 Å². The molecule has 2 aromatic carbocycles. The highest BCUT2D eigenvalue weighted by Crippen LogP contribution is 2.50. The summed E-state index contributed by atoms with van der Waals surface area (Å²) in [7, 11) is -4.06. The molecule has 2 aliphatic rings. The van der Waals surface area contributed by atoms with Gasteiger partial charge < -0.3 is 14.7 Å². The van der Waals surface area contributed by atoms with Crippen LogP contribution in [0, 0.1) is 0 Å². The van der Waals surface area contributed by atoms with Crippen LogP contribution in [0.3, 0.4) is 0 Å². The standard InChI is InChI=1S/C28H26N2O6S/c1-28(2)24(27(33)36-23(18-11-5-3-6-12-18)19-13-7-4-8-14-19)30-25(32)22(26(30)37(28,34)35)20(17-31)21-15-9-10-16-29-21/h3-16,23-24,26,31H,17H2,1-2H3/b22-20-/t24-,26+/m0/s1. The number of amides is 1. The van der Waals surface area contributed by atoms with Crippen LogP contribution in [0.4, 0.5) is 0 Å². The van der Waals surface area contributed by atoms with Crippen molar-refractivity contribution >= 4 is 27.3 Å². The number of ether oxygens (including phenoxy) is 1. The molecule has 1 amide bonds. The van der Waals surface area contributed by atoms with Crippen LogP contribution in [-0.2, 0) is 24.2 Å². The molecule has 37 heavy (non-hydrogen) atoms. The van der Waals surface area contributed by atoms with Gasteiger partial charge in [-0.15, -0.1) is 0 Å². The fourth-order valence-corrected chi connectivity index (χ4v) is 7.21. The van der Waals surface area contributed by atoms with Crippen molar-refractivity contribution < 1.29 is 27.9 Å². The van der Waals surface area contributed by atoms with Gasteiger partial charge in [-0.2, -0.15) is 0 Å². The molecule has 0 bridgehead atoms. The molecule has 0 saturated carbocycles. The number of pyridine rings is 1. The summed E-state index contributed by atoms with van der Waals surface area (Å²) in [6.07, 6.45) is 0.702. The van der Waals surface area contributed by atoms with Gasteiger partial charge in [-0.05, 0) is 37.1 Å².